The van der Waals surface area contributed by atoms with Crippen LogP contribution in [0.15, 0.2) is 47.5 Å². The second kappa shape index (κ2) is 9.14. The van der Waals surface area contributed by atoms with Crippen molar-refractivity contribution in [3.63, 3.8) is 0 Å². The van der Waals surface area contributed by atoms with Crippen LogP contribution in [-0.4, -0.2) is 41.3 Å². The van der Waals surface area contributed by atoms with Crippen molar-refractivity contribution in [2.75, 3.05) is 34.8 Å². The number of aliphatic hydroxyl groups excluding tert-OH is 1. The third-order valence-corrected chi connectivity index (χ3v) is 6.31. The fourth-order valence-corrected chi connectivity index (χ4v) is 4.40. The van der Waals surface area contributed by atoms with Crippen LogP contribution in [0.5, 0.6) is 0 Å². The molecule has 160 valence electrons. The quantitative estimate of drug-likeness (QED) is 0.619. The van der Waals surface area contributed by atoms with Crippen molar-refractivity contribution >= 4 is 40.2 Å². The molecule has 0 aromatic heterocycles. The van der Waals surface area contributed by atoms with Gasteiger partial charge in [0, 0.05) is 30.2 Å². The minimum atomic E-state index is -0.358. The average molecular weight is 425 g/mol. The van der Waals surface area contributed by atoms with E-state index in [9.17, 15) is 5.11 Å². The molecule has 0 spiro atoms. The van der Waals surface area contributed by atoms with Crippen molar-refractivity contribution in [3.8, 4) is 0 Å². The molecule has 2 aromatic carbocycles. The highest BCUT2D eigenvalue weighted by Crippen LogP contribution is 2.36. The summed E-state index contributed by atoms with van der Waals surface area (Å²) in [4.78, 5) is 9.06. The van der Waals surface area contributed by atoms with Gasteiger partial charge in [0.1, 0.15) is 11.4 Å². The molecule has 2 aromatic rings. The van der Waals surface area contributed by atoms with Crippen molar-refractivity contribution in [1.29, 1.82) is 0 Å². The normalized spacial score (nSPS) is 18.5. The summed E-state index contributed by atoms with van der Waals surface area (Å²) in [5, 5.41) is 13.5. The maximum absolute atomic E-state index is 9.29. The first-order chi connectivity index (χ1) is 14.3. The van der Waals surface area contributed by atoms with Crippen LogP contribution in [0.4, 0.5) is 17.1 Å². The van der Waals surface area contributed by atoms with Gasteiger partial charge in [-0.05, 0) is 81.7 Å². The maximum Gasteiger partial charge on any atom is 0.202 e. The summed E-state index contributed by atoms with van der Waals surface area (Å²) in [6.45, 7) is 12.3. The molecule has 5 nitrogen and oxygen atoms in total. The zero-order valence-corrected chi connectivity index (χ0v) is 19.4. The van der Waals surface area contributed by atoms with Crippen LogP contribution >= 0.6 is 12.2 Å². The topological polar surface area (TPSA) is 51.1 Å². The molecular weight excluding hydrogens is 392 g/mol. The molecule has 6 heteroatoms. The Morgan fingerprint density at radius 2 is 1.73 bits per heavy atom. The predicted molar refractivity (Wildman–Crippen MR) is 132 cm³/mol. The second-order valence-electron chi connectivity index (χ2n) is 7.92. The van der Waals surface area contributed by atoms with Gasteiger partial charge in [-0.25, -0.2) is 4.99 Å². The van der Waals surface area contributed by atoms with Gasteiger partial charge in [-0.3, -0.25) is 0 Å². The zero-order chi connectivity index (χ0) is 21.9. The van der Waals surface area contributed by atoms with Crippen LogP contribution in [0.25, 0.3) is 0 Å². The summed E-state index contributed by atoms with van der Waals surface area (Å²) in [7, 11) is 0. The van der Waals surface area contributed by atoms with Gasteiger partial charge < -0.3 is 20.2 Å². The van der Waals surface area contributed by atoms with E-state index < -0.39 is 0 Å². The number of nitrogens with one attached hydrogen (secondary N) is 1. The minimum Gasteiger partial charge on any atom is -0.395 e. The van der Waals surface area contributed by atoms with Gasteiger partial charge in [0.2, 0.25) is 5.11 Å². The number of aryl methyl sites for hydroxylation is 2. The SMILES string of the molecule is CCN(CCO)c1ccc(N2C(=S)N=C(Nc3c(C)cccc3C)C2(C)CC)cc1. The Balaban J connectivity index is 1.91. The largest absolute Gasteiger partial charge is 0.395 e. The standard InChI is InChI=1S/C24H32N4OS/c1-6-24(5)22(25-21-17(3)9-8-10-18(21)4)26-23(30)28(24)20-13-11-19(12-14-20)27(7-2)15-16-29/h8-14,29H,6-7,15-16H2,1-5H3,(H,25,26,30). The van der Waals surface area contributed by atoms with E-state index in [4.69, 9.17) is 17.2 Å². The Bertz CT molecular complexity index is 920. The molecule has 1 aliphatic heterocycles. The number of hydrogen-bond acceptors (Lipinski definition) is 4. The Labute approximate surface area is 185 Å². The van der Waals surface area contributed by atoms with Crippen LogP contribution in [0.2, 0.25) is 0 Å². The van der Waals surface area contributed by atoms with E-state index >= 15 is 0 Å². The smallest absolute Gasteiger partial charge is 0.202 e. The summed E-state index contributed by atoms with van der Waals surface area (Å²) in [6, 6.07) is 14.6. The number of rotatable bonds is 7. The van der Waals surface area contributed by atoms with Gasteiger partial charge in [-0.15, -0.1) is 0 Å². The minimum absolute atomic E-state index is 0.140. The maximum atomic E-state index is 9.29. The monoisotopic (exact) mass is 424 g/mol. The van der Waals surface area contributed by atoms with E-state index in [-0.39, 0.29) is 12.1 Å². The second-order valence-corrected chi connectivity index (χ2v) is 8.28. The fourth-order valence-electron chi connectivity index (χ4n) is 4.00. The van der Waals surface area contributed by atoms with Gasteiger partial charge in [0.05, 0.1) is 6.61 Å². The lowest BCUT2D eigenvalue weighted by molar-refractivity contribution is 0.302. The molecule has 1 heterocycles. The number of hydrogen-bond donors (Lipinski definition) is 2. The van der Waals surface area contributed by atoms with E-state index in [0.29, 0.717) is 11.7 Å². The molecule has 0 saturated heterocycles. The molecule has 1 atom stereocenters. The third kappa shape index (κ3) is 4.07. The van der Waals surface area contributed by atoms with Crippen molar-refractivity contribution in [2.24, 2.45) is 4.99 Å². The molecule has 2 N–H and O–H groups in total. The number of nitrogens with zero attached hydrogens (tertiary/aromatic N) is 3. The first kappa shape index (κ1) is 22.2. The number of aliphatic hydroxyl groups is 1. The van der Waals surface area contributed by atoms with E-state index in [1.54, 1.807) is 0 Å². The van der Waals surface area contributed by atoms with Gasteiger partial charge in [-0.1, -0.05) is 25.1 Å². The molecule has 0 bridgehead atoms. The van der Waals surface area contributed by atoms with Crippen LogP contribution < -0.4 is 15.1 Å². The fraction of sp³-hybridized carbons (Fsp3) is 0.417. The summed E-state index contributed by atoms with van der Waals surface area (Å²) < 4.78 is 0. The number of likely N-dealkylation sites (N-methyl/N-ethyl adjacent to an activating group) is 1. The number of aliphatic imine (C=N–C) groups is 1. The molecule has 0 saturated carbocycles. The highest BCUT2D eigenvalue weighted by atomic mass is 32.1. The highest BCUT2D eigenvalue weighted by molar-refractivity contribution is 7.80. The molecule has 0 amide bonds. The number of benzene rings is 2. The number of thiocarbonyl (C=S) groups is 1. The van der Waals surface area contributed by atoms with E-state index in [1.165, 1.54) is 11.1 Å². The Morgan fingerprint density at radius 1 is 1.10 bits per heavy atom. The van der Waals surface area contributed by atoms with Crippen molar-refractivity contribution in [3.05, 3.63) is 53.6 Å². The third-order valence-electron chi connectivity index (χ3n) is 6.04. The van der Waals surface area contributed by atoms with Crippen molar-refractivity contribution in [1.82, 2.24) is 0 Å². The van der Waals surface area contributed by atoms with E-state index in [0.717, 1.165) is 35.9 Å². The summed E-state index contributed by atoms with van der Waals surface area (Å²) >= 11 is 5.70. The molecular formula is C24H32N4OS. The lowest BCUT2D eigenvalue weighted by atomic mass is 9.94. The first-order valence-electron chi connectivity index (χ1n) is 10.6. The molecule has 0 fully saturated rings. The molecule has 1 aliphatic rings. The summed E-state index contributed by atoms with van der Waals surface area (Å²) in [6.07, 6.45) is 0.858. The summed E-state index contributed by atoms with van der Waals surface area (Å²) in [5.74, 6) is 0.881. The number of anilines is 3. The van der Waals surface area contributed by atoms with Crippen LogP contribution in [0.3, 0.4) is 0 Å². The van der Waals surface area contributed by atoms with Gasteiger partial charge in [0.25, 0.3) is 0 Å². The van der Waals surface area contributed by atoms with Crippen LogP contribution in [-0.2, 0) is 0 Å². The molecule has 30 heavy (non-hydrogen) atoms. The first-order valence-corrected chi connectivity index (χ1v) is 11.0. The molecule has 0 aliphatic carbocycles. The van der Waals surface area contributed by atoms with Gasteiger partial charge in [-0.2, -0.15) is 0 Å². The Hall–Kier alpha value is -2.44. The lowest BCUT2D eigenvalue weighted by Crippen LogP contribution is -2.51. The Kier molecular flexibility index (Phi) is 6.78. The van der Waals surface area contributed by atoms with Crippen molar-refractivity contribution in [2.45, 2.75) is 46.6 Å². The van der Waals surface area contributed by atoms with Crippen molar-refractivity contribution < 1.29 is 5.11 Å². The highest BCUT2D eigenvalue weighted by Gasteiger charge is 2.43. The van der Waals surface area contributed by atoms with Gasteiger partial charge in [0.15, 0.2) is 0 Å². The summed E-state index contributed by atoms with van der Waals surface area (Å²) in [5.41, 5.74) is 5.23. The Morgan fingerprint density at radius 3 is 2.27 bits per heavy atom. The molecule has 1 unspecified atom stereocenters. The average Bonchev–Trinajstić information content (AvgIpc) is 2.99. The predicted octanol–water partition coefficient (Wildman–Crippen LogP) is 4.91. The lowest BCUT2D eigenvalue weighted by Gasteiger charge is -2.37. The van der Waals surface area contributed by atoms with E-state index in [2.05, 4.69) is 92.2 Å². The van der Waals surface area contributed by atoms with Gasteiger partial charge >= 0.3 is 0 Å². The van der Waals surface area contributed by atoms with Crippen LogP contribution in [0.1, 0.15) is 38.3 Å². The molecule has 0 radical (unpaired) electrons. The molecule has 3 rings (SSSR count). The number of amidine groups is 1. The van der Waals surface area contributed by atoms with E-state index in [1.807, 2.05) is 0 Å². The van der Waals surface area contributed by atoms with Crippen LogP contribution in [0, 0.1) is 13.8 Å². The zero-order valence-electron chi connectivity index (χ0n) is 18.6. The number of para-hydroxylation sites is 1.